The van der Waals surface area contributed by atoms with Gasteiger partial charge in [-0.2, -0.15) is 0 Å². The fraction of sp³-hybridized carbons (Fsp3) is 0.636. The predicted octanol–water partition coefficient (Wildman–Crippen LogP) is 3.79. The molecule has 1 fully saturated rings. The van der Waals surface area contributed by atoms with Gasteiger partial charge in [0.1, 0.15) is 5.60 Å². The summed E-state index contributed by atoms with van der Waals surface area (Å²) in [5.74, 6) is 0. The van der Waals surface area contributed by atoms with Crippen molar-refractivity contribution in [2.24, 2.45) is 0 Å². The van der Waals surface area contributed by atoms with Gasteiger partial charge in [0.2, 0.25) is 0 Å². The average Bonchev–Trinajstić information content (AvgIpc) is 2.60. The van der Waals surface area contributed by atoms with Gasteiger partial charge in [0.15, 0.2) is 0 Å². The predicted molar refractivity (Wildman–Crippen MR) is 112 cm³/mol. The fourth-order valence-corrected chi connectivity index (χ4v) is 3.02. The summed E-state index contributed by atoms with van der Waals surface area (Å²) in [5.41, 5.74) is 2.16. The van der Waals surface area contributed by atoms with Crippen molar-refractivity contribution in [1.29, 1.82) is 0 Å². The lowest BCUT2D eigenvalue weighted by Crippen LogP contribution is -2.54. The number of carbonyl (C=O) groups is 2. The van der Waals surface area contributed by atoms with Crippen LogP contribution >= 0.6 is 0 Å². The lowest BCUT2D eigenvalue weighted by atomic mass is 9.86. The number of piperazine rings is 1. The van der Waals surface area contributed by atoms with E-state index in [0.717, 1.165) is 6.42 Å². The van der Waals surface area contributed by atoms with Gasteiger partial charge in [0.05, 0.1) is 0 Å². The molecule has 1 heterocycles. The Morgan fingerprint density at radius 2 is 1.46 bits per heavy atom. The Morgan fingerprint density at radius 3 is 1.96 bits per heavy atom. The minimum absolute atomic E-state index is 0.0739. The van der Waals surface area contributed by atoms with Crippen molar-refractivity contribution in [2.45, 2.75) is 59.0 Å². The monoisotopic (exact) mass is 389 g/mol. The van der Waals surface area contributed by atoms with Gasteiger partial charge in [-0.3, -0.25) is 0 Å². The van der Waals surface area contributed by atoms with E-state index in [1.54, 1.807) is 9.80 Å². The summed E-state index contributed by atoms with van der Waals surface area (Å²) in [4.78, 5) is 27.9. The summed E-state index contributed by atoms with van der Waals surface area (Å²) in [6.07, 6.45) is 0.486. The van der Waals surface area contributed by atoms with Crippen LogP contribution in [0.4, 0.5) is 9.59 Å². The second-order valence-corrected chi connectivity index (χ2v) is 9.38. The molecule has 0 aliphatic carbocycles. The van der Waals surface area contributed by atoms with E-state index in [9.17, 15) is 9.59 Å². The van der Waals surface area contributed by atoms with Gasteiger partial charge >= 0.3 is 12.1 Å². The highest BCUT2D eigenvalue weighted by Gasteiger charge is 2.27. The van der Waals surface area contributed by atoms with Crippen molar-refractivity contribution in [1.82, 2.24) is 15.1 Å². The number of urea groups is 1. The summed E-state index contributed by atoms with van der Waals surface area (Å²) >= 11 is 0. The van der Waals surface area contributed by atoms with Crippen LogP contribution in [0.25, 0.3) is 0 Å². The van der Waals surface area contributed by atoms with Gasteiger partial charge in [0, 0.05) is 32.7 Å². The first-order valence-electron chi connectivity index (χ1n) is 10.1. The Balaban J connectivity index is 1.72. The lowest BCUT2D eigenvalue weighted by molar-refractivity contribution is 0.0170. The van der Waals surface area contributed by atoms with E-state index in [1.807, 2.05) is 20.8 Å². The maximum absolute atomic E-state index is 12.4. The standard InChI is InChI=1S/C22H35N3O3/c1-21(2,3)18-9-7-17(8-10-18)11-12-23-19(26)24-13-15-25(16-14-24)20(27)28-22(4,5)6/h7-10H,11-16H2,1-6H3,(H,23,26). The molecule has 3 amide bonds. The number of rotatable bonds is 3. The zero-order valence-electron chi connectivity index (χ0n) is 18.2. The highest BCUT2D eigenvalue weighted by molar-refractivity contribution is 5.75. The third kappa shape index (κ3) is 6.73. The molecule has 1 aromatic carbocycles. The van der Waals surface area contributed by atoms with Gasteiger partial charge in [-0.1, -0.05) is 45.0 Å². The van der Waals surface area contributed by atoms with E-state index in [4.69, 9.17) is 4.74 Å². The molecule has 0 spiro atoms. The van der Waals surface area contributed by atoms with Crippen LogP contribution in [-0.2, 0) is 16.6 Å². The summed E-state index contributed by atoms with van der Waals surface area (Å²) in [5, 5.41) is 2.98. The molecule has 28 heavy (non-hydrogen) atoms. The molecule has 1 aliphatic heterocycles. The first kappa shape index (κ1) is 22.1. The first-order valence-corrected chi connectivity index (χ1v) is 10.1. The number of benzene rings is 1. The molecule has 6 nitrogen and oxygen atoms in total. The average molecular weight is 390 g/mol. The molecular weight excluding hydrogens is 354 g/mol. The van der Waals surface area contributed by atoms with Gasteiger partial charge < -0.3 is 19.9 Å². The van der Waals surface area contributed by atoms with Gasteiger partial charge in [0.25, 0.3) is 0 Å². The molecule has 0 aromatic heterocycles. The molecule has 0 radical (unpaired) electrons. The minimum atomic E-state index is -0.503. The van der Waals surface area contributed by atoms with Gasteiger partial charge in [-0.05, 0) is 43.7 Å². The Labute approximate surface area is 169 Å². The Bertz CT molecular complexity index is 664. The third-order valence-corrected chi connectivity index (χ3v) is 4.73. The van der Waals surface area contributed by atoms with E-state index in [1.165, 1.54) is 11.1 Å². The number of hydrogen-bond acceptors (Lipinski definition) is 3. The quantitative estimate of drug-likeness (QED) is 0.856. The number of amides is 3. The van der Waals surface area contributed by atoms with E-state index >= 15 is 0 Å². The molecular formula is C22H35N3O3. The largest absolute Gasteiger partial charge is 0.444 e. The highest BCUT2D eigenvalue weighted by Crippen LogP contribution is 2.22. The van der Waals surface area contributed by atoms with Crippen LogP contribution < -0.4 is 5.32 Å². The van der Waals surface area contributed by atoms with Crippen molar-refractivity contribution >= 4 is 12.1 Å². The number of nitrogens with one attached hydrogen (secondary N) is 1. The third-order valence-electron chi connectivity index (χ3n) is 4.73. The molecule has 1 aliphatic rings. The zero-order chi connectivity index (χ0) is 20.9. The number of carbonyl (C=O) groups excluding carboxylic acids is 2. The molecule has 2 rings (SSSR count). The van der Waals surface area contributed by atoms with Crippen molar-refractivity contribution in [3.8, 4) is 0 Å². The summed E-state index contributed by atoms with van der Waals surface area (Å²) in [7, 11) is 0. The molecule has 156 valence electrons. The Kier molecular flexibility index (Phi) is 6.96. The summed E-state index contributed by atoms with van der Waals surface area (Å²) < 4.78 is 5.38. The van der Waals surface area contributed by atoms with E-state index in [-0.39, 0.29) is 17.5 Å². The smallest absolute Gasteiger partial charge is 0.410 e. The second kappa shape index (κ2) is 8.84. The van der Waals surface area contributed by atoms with Crippen LogP contribution in [0.5, 0.6) is 0 Å². The number of ether oxygens (including phenoxy) is 1. The molecule has 0 atom stereocenters. The van der Waals surface area contributed by atoms with Gasteiger partial charge in [-0.25, -0.2) is 9.59 Å². The maximum atomic E-state index is 12.4. The number of nitrogens with zero attached hydrogens (tertiary/aromatic N) is 2. The molecule has 0 bridgehead atoms. The van der Waals surface area contributed by atoms with Crippen molar-refractivity contribution < 1.29 is 14.3 Å². The highest BCUT2D eigenvalue weighted by atomic mass is 16.6. The Hall–Kier alpha value is -2.24. The first-order chi connectivity index (χ1) is 13.0. The molecule has 1 aromatic rings. The fourth-order valence-electron chi connectivity index (χ4n) is 3.02. The van der Waals surface area contributed by atoms with Crippen molar-refractivity contribution in [2.75, 3.05) is 32.7 Å². The molecule has 0 unspecified atom stereocenters. The van der Waals surface area contributed by atoms with Crippen LogP contribution in [0.3, 0.4) is 0 Å². The van der Waals surface area contributed by atoms with Crippen molar-refractivity contribution in [3.05, 3.63) is 35.4 Å². The minimum Gasteiger partial charge on any atom is -0.444 e. The molecule has 1 N–H and O–H groups in total. The lowest BCUT2D eigenvalue weighted by Gasteiger charge is -2.35. The maximum Gasteiger partial charge on any atom is 0.410 e. The van der Waals surface area contributed by atoms with Crippen LogP contribution in [0, 0.1) is 0 Å². The normalized spacial score (nSPS) is 15.4. The van der Waals surface area contributed by atoms with Crippen LogP contribution in [0.1, 0.15) is 52.7 Å². The molecule has 1 saturated heterocycles. The van der Waals surface area contributed by atoms with Gasteiger partial charge in [-0.15, -0.1) is 0 Å². The number of hydrogen-bond donors (Lipinski definition) is 1. The van der Waals surface area contributed by atoms with E-state index in [0.29, 0.717) is 32.7 Å². The van der Waals surface area contributed by atoms with Crippen molar-refractivity contribution in [3.63, 3.8) is 0 Å². The summed E-state index contributed by atoms with van der Waals surface area (Å²) in [6.45, 7) is 14.8. The summed E-state index contributed by atoms with van der Waals surface area (Å²) in [6, 6.07) is 8.51. The molecule has 6 heteroatoms. The van der Waals surface area contributed by atoms with Crippen LogP contribution in [-0.4, -0.2) is 60.2 Å². The van der Waals surface area contributed by atoms with E-state index < -0.39 is 5.60 Å². The Morgan fingerprint density at radius 1 is 0.929 bits per heavy atom. The second-order valence-electron chi connectivity index (χ2n) is 9.38. The van der Waals surface area contributed by atoms with Crippen LogP contribution in [0.15, 0.2) is 24.3 Å². The van der Waals surface area contributed by atoms with E-state index in [2.05, 4.69) is 50.4 Å². The molecule has 0 saturated carbocycles. The SMILES string of the molecule is CC(C)(C)OC(=O)N1CCN(C(=O)NCCc2ccc(C(C)(C)C)cc2)CC1. The zero-order valence-corrected chi connectivity index (χ0v) is 18.2. The topological polar surface area (TPSA) is 61.9 Å². The van der Waals surface area contributed by atoms with Crippen LogP contribution in [0.2, 0.25) is 0 Å².